The first kappa shape index (κ1) is 14.1. The molecule has 0 fully saturated rings. The molecule has 0 N–H and O–H groups in total. The van der Waals surface area contributed by atoms with Crippen LogP contribution in [0.4, 0.5) is 0 Å². The molecule has 0 spiro atoms. The summed E-state index contributed by atoms with van der Waals surface area (Å²) in [5.74, 6) is 0. The zero-order valence-electron chi connectivity index (χ0n) is 11.7. The molecule has 4 aromatic rings. The molecule has 0 saturated heterocycles. The van der Waals surface area contributed by atoms with E-state index in [0.717, 1.165) is 9.96 Å². The van der Waals surface area contributed by atoms with Gasteiger partial charge in [0.1, 0.15) is 0 Å². The van der Waals surface area contributed by atoms with Gasteiger partial charge < -0.3 is 0 Å². The molecule has 112 valence electrons. The number of aromatic nitrogens is 2. The maximum absolute atomic E-state index is 12.6. The quantitative estimate of drug-likeness (QED) is 0.535. The van der Waals surface area contributed by atoms with Crippen LogP contribution in [-0.4, -0.2) is 9.38 Å². The Morgan fingerprint density at radius 3 is 2.61 bits per heavy atom. The number of nitrogens with zero attached hydrogens (tertiary/aromatic N) is 2. The molecule has 0 amide bonds. The molecule has 6 heteroatoms. The largest absolute Gasteiger partial charge is 0.277 e. The minimum Gasteiger partial charge on any atom is -0.268 e. The lowest BCUT2D eigenvalue weighted by atomic mass is 10.2. The summed E-state index contributed by atoms with van der Waals surface area (Å²) in [5, 5.41) is 0.784. The van der Waals surface area contributed by atoms with E-state index in [-0.39, 0.29) is 11.1 Å². The van der Waals surface area contributed by atoms with Crippen LogP contribution in [0.25, 0.3) is 21.9 Å². The number of fused-ring (bicyclic) bond motifs is 2. The molecule has 0 saturated carbocycles. The topological polar surface area (TPSA) is 51.4 Å². The summed E-state index contributed by atoms with van der Waals surface area (Å²) >= 11 is 7.14. The molecule has 2 aromatic carbocycles. The average molecular weight is 341 g/mol. The van der Waals surface area contributed by atoms with Gasteiger partial charge in [-0.25, -0.2) is 9.38 Å². The molecule has 0 unspecified atom stereocenters. The van der Waals surface area contributed by atoms with Crippen LogP contribution in [0.15, 0.2) is 58.1 Å². The van der Waals surface area contributed by atoms with Gasteiger partial charge >= 0.3 is 0 Å². The van der Waals surface area contributed by atoms with Gasteiger partial charge in [-0.1, -0.05) is 53.3 Å². The van der Waals surface area contributed by atoms with E-state index in [1.54, 1.807) is 18.2 Å². The summed E-state index contributed by atoms with van der Waals surface area (Å²) in [6, 6.07) is 14.4. The van der Waals surface area contributed by atoms with Crippen molar-refractivity contribution in [3.8, 4) is 0 Å². The van der Waals surface area contributed by atoms with Gasteiger partial charge in [0, 0.05) is 5.02 Å². The summed E-state index contributed by atoms with van der Waals surface area (Å²) in [5.41, 5.74) is 0.693. The second-order valence-corrected chi connectivity index (χ2v) is 6.47. The van der Waals surface area contributed by atoms with Crippen LogP contribution >= 0.6 is 22.9 Å². The monoisotopic (exact) mass is 340 g/mol. The van der Waals surface area contributed by atoms with Crippen LogP contribution in [0.5, 0.6) is 0 Å². The summed E-state index contributed by atoms with van der Waals surface area (Å²) in [4.78, 5) is 29.9. The Hall–Kier alpha value is -2.50. The molecular weight excluding hydrogens is 332 g/mol. The first-order chi connectivity index (χ1) is 11.1. The summed E-state index contributed by atoms with van der Waals surface area (Å²) in [7, 11) is 0. The third-order valence-corrected chi connectivity index (χ3v) is 4.72. The summed E-state index contributed by atoms with van der Waals surface area (Å²) in [6.45, 7) is 0. The fourth-order valence-corrected chi connectivity index (χ4v) is 3.57. The van der Waals surface area contributed by atoms with Crippen LogP contribution in [0.1, 0.15) is 5.56 Å². The molecule has 4 nitrogen and oxygen atoms in total. The Kier molecular flexibility index (Phi) is 3.25. The van der Waals surface area contributed by atoms with Crippen molar-refractivity contribution in [1.82, 2.24) is 9.38 Å². The van der Waals surface area contributed by atoms with E-state index in [1.807, 2.05) is 30.3 Å². The van der Waals surface area contributed by atoms with E-state index in [2.05, 4.69) is 4.98 Å². The standard InChI is InChI=1S/C17H9ClN2O2S/c18-11-6-7-13-12(9-11)15(21)20-16(22)14(23-17(20)19-13)8-10-4-2-1-3-5-10/h1-9H. The second kappa shape index (κ2) is 5.30. The Morgan fingerprint density at radius 2 is 1.83 bits per heavy atom. The van der Waals surface area contributed by atoms with Gasteiger partial charge in [-0.05, 0) is 29.8 Å². The number of rotatable bonds is 1. The number of hydrogen-bond acceptors (Lipinski definition) is 4. The van der Waals surface area contributed by atoms with Crippen molar-refractivity contribution in [2.24, 2.45) is 0 Å². The van der Waals surface area contributed by atoms with Crippen molar-refractivity contribution >= 4 is 44.9 Å². The van der Waals surface area contributed by atoms with Crippen LogP contribution in [0.3, 0.4) is 0 Å². The van der Waals surface area contributed by atoms with Gasteiger partial charge in [-0.15, -0.1) is 0 Å². The van der Waals surface area contributed by atoms with Crippen molar-refractivity contribution in [1.29, 1.82) is 0 Å². The summed E-state index contributed by atoms with van der Waals surface area (Å²) < 4.78 is 1.58. The third-order valence-electron chi connectivity index (χ3n) is 3.51. The molecule has 0 atom stereocenters. The fourth-order valence-electron chi connectivity index (χ4n) is 2.43. The van der Waals surface area contributed by atoms with Crippen molar-refractivity contribution in [2.75, 3.05) is 0 Å². The van der Waals surface area contributed by atoms with E-state index >= 15 is 0 Å². The maximum Gasteiger partial charge on any atom is 0.277 e. The lowest BCUT2D eigenvalue weighted by Gasteiger charge is -1.97. The molecule has 2 heterocycles. The highest BCUT2D eigenvalue weighted by Gasteiger charge is 2.11. The zero-order valence-corrected chi connectivity index (χ0v) is 13.3. The highest BCUT2D eigenvalue weighted by atomic mass is 35.5. The molecular formula is C17H9ClN2O2S. The smallest absolute Gasteiger partial charge is 0.268 e. The molecule has 0 aliphatic carbocycles. The van der Waals surface area contributed by atoms with Crippen molar-refractivity contribution in [2.45, 2.75) is 0 Å². The number of hydrogen-bond donors (Lipinski definition) is 0. The molecule has 23 heavy (non-hydrogen) atoms. The molecule has 0 radical (unpaired) electrons. The first-order valence-corrected chi connectivity index (χ1v) is 8.04. The Labute approximate surface area is 138 Å². The fraction of sp³-hybridized carbons (Fsp3) is 0. The van der Waals surface area contributed by atoms with Crippen molar-refractivity contribution in [3.63, 3.8) is 0 Å². The minimum absolute atomic E-state index is 0.344. The predicted molar refractivity (Wildman–Crippen MR) is 93.4 cm³/mol. The van der Waals surface area contributed by atoms with Gasteiger partial charge in [-0.3, -0.25) is 9.59 Å². The third kappa shape index (κ3) is 2.34. The van der Waals surface area contributed by atoms with E-state index in [9.17, 15) is 9.59 Å². The van der Waals surface area contributed by atoms with Crippen LogP contribution in [-0.2, 0) is 0 Å². The first-order valence-electron chi connectivity index (χ1n) is 6.85. The Bertz CT molecular complexity index is 1210. The van der Waals surface area contributed by atoms with Gasteiger partial charge in [0.15, 0.2) is 0 Å². The van der Waals surface area contributed by atoms with Gasteiger partial charge in [-0.2, -0.15) is 0 Å². The summed E-state index contributed by atoms with van der Waals surface area (Å²) in [6.07, 6.45) is 1.76. The minimum atomic E-state index is -0.388. The highest BCUT2D eigenvalue weighted by Crippen LogP contribution is 2.15. The van der Waals surface area contributed by atoms with Crippen LogP contribution in [0.2, 0.25) is 5.02 Å². The number of halogens is 1. The molecule has 2 aromatic heterocycles. The zero-order chi connectivity index (χ0) is 16.0. The van der Waals surface area contributed by atoms with E-state index in [4.69, 9.17) is 11.6 Å². The second-order valence-electron chi connectivity index (χ2n) is 5.02. The van der Waals surface area contributed by atoms with E-state index in [0.29, 0.717) is 25.4 Å². The van der Waals surface area contributed by atoms with E-state index in [1.165, 1.54) is 17.4 Å². The molecule has 0 aliphatic rings. The van der Waals surface area contributed by atoms with Gasteiger partial charge in [0.25, 0.3) is 11.1 Å². The normalized spacial score (nSPS) is 12.3. The predicted octanol–water partition coefficient (Wildman–Crippen LogP) is 2.47. The van der Waals surface area contributed by atoms with Crippen molar-refractivity contribution < 1.29 is 0 Å². The SMILES string of the molecule is O=c1c(=Cc2ccccc2)sc2nc3ccc(Cl)cc3c(=O)n12. The molecule has 0 bridgehead atoms. The molecule has 0 aliphatic heterocycles. The number of thiazole rings is 1. The lowest BCUT2D eigenvalue weighted by Crippen LogP contribution is -2.31. The highest BCUT2D eigenvalue weighted by molar-refractivity contribution is 7.15. The van der Waals surface area contributed by atoms with E-state index < -0.39 is 0 Å². The van der Waals surface area contributed by atoms with Gasteiger partial charge in [0.2, 0.25) is 4.96 Å². The van der Waals surface area contributed by atoms with Crippen molar-refractivity contribution in [3.05, 3.63) is 84.4 Å². The van der Waals surface area contributed by atoms with Crippen LogP contribution in [0, 0.1) is 0 Å². The lowest BCUT2D eigenvalue weighted by molar-refractivity contribution is 1.05. The molecule has 4 rings (SSSR count). The average Bonchev–Trinajstić information content (AvgIpc) is 2.85. The Morgan fingerprint density at radius 1 is 1.04 bits per heavy atom. The maximum atomic E-state index is 12.6. The number of benzene rings is 2. The van der Waals surface area contributed by atoms with Crippen LogP contribution < -0.4 is 15.7 Å². The Balaban J connectivity index is 2.11. The van der Waals surface area contributed by atoms with Gasteiger partial charge in [0.05, 0.1) is 15.4 Å².